The van der Waals surface area contributed by atoms with Crippen molar-refractivity contribution in [2.45, 2.75) is 18.9 Å². The van der Waals surface area contributed by atoms with Gasteiger partial charge in [0.05, 0.1) is 13.2 Å². The van der Waals surface area contributed by atoms with Gasteiger partial charge in [-0.05, 0) is 30.0 Å². The van der Waals surface area contributed by atoms with Gasteiger partial charge in [-0.3, -0.25) is 4.90 Å². The zero-order chi connectivity index (χ0) is 13.9. The molecule has 0 saturated carbocycles. The molecule has 3 rings (SSSR count). The van der Waals surface area contributed by atoms with Gasteiger partial charge in [-0.25, -0.2) is 0 Å². The Bertz CT molecular complexity index is 457. The highest BCUT2D eigenvalue weighted by atomic mass is 16.5. The normalized spacial score (nSPS) is 21.6. The first-order valence-electron chi connectivity index (χ1n) is 7.65. The average Bonchev–Trinajstić information content (AvgIpc) is 2.49. The molecule has 4 heteroatoms. The summed E-state index contributed by atoms with van der Waals surface area (Å²) in [6.45, 7) is 5.46. The van der Waals surface area contributed by atoms with Crippen LogP contribution >= 0.6 is 0 Å². The summed E-state index contributed by atoms with van der Waals surface area (Å²) < 4.78 is 5.45. The van der Waals surface area contributed by atoms with Crippen LogP contribution in [0.1, 0.15) is 23.6 Å². The number of aryl methyl sites for hydroxylation is 1. The molecule has 1 aromatic rings. The predicted octanol–water partition coefficient (Wildman–Crippen LogP) is 1.40. The van der Waals surface area contributed by atoms with Crippen LogP contribution in [0.3, 0.4) is 0 Å². The van der Waals surface area contributed by atoms with E-state index in [0.29, 0.717) is 12.6 Å². The fourth-order valence-electron chi connectivity index (χ4n) is 3.40. The quantitative estimate of drug-likeness (QED) is 0.905. The lowest BCUT2D eigenvalue weighted by Gasteiger charge is -2.35. The van der Waals surface area contributed by atoms with Gasteiger partial charge in [0.2, 0.25) is 0 Å². The van der Waals surface area contributed by atoms with Gasteiger partial charge in [0, 0.05) is 45.0 Å². The zero-order valence-electron chi connectivity index (χ0n) is 12.3. The summed E-state index contributed by atoms with van der Waals surface area (Å²) in [6, 6.07) is 7.23. The van der Waals surface area contributed by atoms with Crippen molar-refractivity contribution >= 4 is 5.69 Å². The maximum Gasteiger partial charge on any atom is 0.0594 e. The van der Waals surface area contributed by atoms with E-state index in [-0.39, 0.29) is 0 Å². The zero-order valence-corrected chi connectivity index (χ0v) is 12.3. The second kappa shape index (κ2) is 6.12. The van der Waals surface area contributed by atoms with E-state index < -0.39 is 0 Å². The Hall–Kier alpha value is -1.10. The van der Waals surface area contributed by atoms with E-state index in [1.54, 1.807) is 0 Å². The highest BCUT2D eigenvalue weighted by molar-refractivity contribution is 5.56. The number of anilines is 1. The largest absolute Gasteiger partial charge is 0.379 e. The molecule has 1 fully saturated rings. The number of hydrogen-bond donors (Lipinski definition) is 1. The average molecular weight is 275 g/mol. The second-order valence-electron chi connectivity index (χ2n) is 5.81. The number of nitrogens with two attached hydrogens (primary N) is 1. The Balaban J connectivity index is 1.84. The molecule has 0 aromatic heterocycles. The summed E-state index contributed by atoms with van der Waals surface area (Å²) in [7, 11) is 2.18. The van der Waals surface area contributed by atoms with Gasteiger partial charge in [0.25, 0.3) is 0 Å². The summed E-state index contributed by atoms with van der Waals surface area (Å²) in [5.74, 6) is 0. The molecule has 110 valence electrons. The number of nitrogens with zero attached hydrogens (tertiary/aromatic N) is 2. The number of hydrogen-bond acceptors (Lipinski definition) is 4. The Morgan fingerprint density at radius 1 is 1.25 bits per heavy atom. The van der Waals surface area contributed by atoms with E-state index >= 15 is 0 Å². The lowest BCUT2D eigenvalue weighted by atomic mass is 9.96. The van der Waals surface area contributed by atoms with E-state index in [9.17, 15) is 0 Å². The van der Waals surface area contributed by atoms with Gasteiger partial charge in [0.15, 0.2) is 0 Å². The Morgan fingerprint density at radius 2 is 2.05 bits per heavy atom. The molecule has 0 amide bonds. The first kappa shape index (κ1) is 13.9. The third-order valence-electron chi connectivity index (χ3n) is 4.55. The first-order chi connectivity index (χ1) is 9.79. The molecule has 1 saturated heterocycles. The molecule has 20 heavy (non-hydrogen) atoms. The van der Waals surface area contributed by atoms with Crippen LogP contribution in [0.4, 0.5) is 5.69 Å². The lowest BCUT2D eigenvalue weighted by Crippen LogP contribution is -2.41. The summed E-state index contributed by atoms with van der Waals surface area (Å²) in [4.78, 5) is 4.81. The highest BCUT2D eigenvalue weighted by Gasteiger charge is 2.23. The predicted molar refractivity (Wildman–Crippen MR) is 82.2 cm³/mol. The number of rotatable bonds is 3. The van der Waals surface area contributed by atoms with Crippen LogP contribution in [0.2, 0.25) is 0 Å². The van der Waals surface area contributed by atoms with E-state index in [1.807, 2.05) is 0 Å². The molecule has 2 aliphatic rings. The third kappa shape index (κ3) is 2.68. The van der Waals surface area contributed by atoms with Crippen LogP contribution in [0, 0.1) is 0 Å². The topological polar surface area (TPSA) is 41.7 Å². The molecular weight excluding hydrogens is 250 g/mol. The van der Waals surface area contributed by atoms with Crippen molar-refractivity contribution in [3.05, 3.63) is 29.3 Å². The molecule has 4 nitrogen and oxygen atoms in total. The Kier molecular flexibility index (Phi) is 4.24. The smallest absolute Gasteiger partial charge is 0.0594 e. The monoisotopic (exact) mass is 275 g/mol. The number of benzene rings is 1. The SMILES string of the molecule is CN1CCCc2cc(C(CN)N3CCOCC3)ccc21. The molecular formula is C16H25N3O. The molecule has 0 spiro atoms. The molecule has 2 N–H and O–H groups in total. The third-order valence-corrected chi connectivity index (χ3v) is 4.55. The van der Waals surface area contributed by atoms with Crippen molar-refractivity contribution in [3.63, 3.8) is 0 Å². The standard InChI is InChI=1S/C16H25N3O/c1-18-6-2-3-13-11-14(4-5-15(13)18)16(12-17)19-7-9-20-10-8-19/h4-5,11,16H,2-3,6-10,12,17H2,1H3. The van der Waals surface area contributed by atoms with E-state index in [1.165, 1.54) is 29.7 Å². The minimum atomic E-state index is 0.330. The Labute approximate surface area is 121 Å². The van der Waals surface area contributed by atoms with Crippen LogP contribution in [0.25, 0.3) is 0 Å². The van der Waals surface area contributed by atoms with E-state index in [0.717, 1.165) is 32.8 Å². The van der Waals surface area contributed by atoms with Crippen molar-refractivity contribution in [1.29, 1.82) is 0 Å². The van der Waals surface area contributed by atoms with E-state index in [2.05, 4.69) is 35.0 Å². The van der Waals surface area contributed by atoms with Crippen LogP contribution in [0.5, 0.6) is 0 Å². The second-order valence-corrected chi connectivity index (χ2v) is 5.81. The molecule has 0 aliphatic carbocycles. The van der Waals surface area contributed by atoms with Gasteiger partial charge < -0.3 is 15.4 Å². The number of ether oxygens (including phenoxy) is 1. The molecule has 0 radical (unpaired) electrons. The van der Waals surface area contributed by atoms with Gasteiger partial charge in [-0.15, -0.1) is 0 Å². The molecule has 1 atom stereocenters. The number of morpholine rings is 1. The van der Waals surface area contributed by atoms with Crippen molar-refractivity contribution in [1.82, 2.24) is 4.90 Å². The Morgan fingerprint density at radius 3 is 2.80 bits per heavy atom. The summed E-state index contributed by atoms with van der Waals surface area (Å²) in [5.41, 5.74) is 10.3. The molecule has 2 heterocycles. The van der Waals surface area contributed by atoms with Gasteiger partial charge in [-0.2, -0.15) is 0 Å². The van der Waals surface area contributed by atoms with Gasteiger partial charge in [0.1, 0.15) is 0 Å². The lowest BCUT2D eigenvalue weighted by molar-refractivity contribution is 0.0179. The van der Waals surface area contributed by atoms with Gasteiger partial charge in [-0.1, -0.05) is 12.1 Å². The minimum Gasteiger partial charge on any atom is -0.379 e. The van der Waals surface area contributed by atoms with Crippen molar-refractivity contribution in [3.8, 4) is 0 Å². The van der Waals surface area contributed by atoms with Gasteiger partial charge >= 0.3 is 0 Å². The molecule has 0 bridgehead atoms. The molecule has 1 unspecified atom stereocenters. The highest BCUT2D eigenvalue weighted by Crippen LogP contribution is 2.30. The molecule has 2 aliphatic heterocycles. The maximum atomic E-state index is 6.05. The van der Waals surface area contributed by atoms with Crippen LogP contribution in [-0.2, 0) is 11.2 Å². The maximum absolute atomic E-state index is 6.05. The van der Waals surface area contributed by atoms with Crippen molar-refractivity contribution in [2.24, 2.45) is 5.73 Å². The first-order valence-corrected chi connectivity index (χ1v) is 7.65. The van der Waals surface area contributed by atoms with Crippen LogP contribution < -0.4 is 10.6 Å². The van der Waals surface area contributed by atoms with Crippen LogP contribution in [0.15, 0.2) is 18.2 Å². The summed E-state index contributed by atoms with van der Waals surface area (Å²) in [6.07, 6.45) is 2.44. The fourth-order valence-corrected chi connectivity index (χ4v) is 3.40. The minimum absolute atomic E-state index is 0.330. The number of fused-ring (bicyclic) bond motifs is 1. The van der Waals surface area contributed by atoms with Crippen LogP contribution in [-0.4, -0.2) is 51.3 Å². The summed E-state index contributed by atoms with van der Waals surface area (Å²) >= 11 is 0. The van der Waals surface area contributed by atoms with E-state index in [4.69, 9.17) is 10.5 Å². The van der Waals surface area contributed by atoms with Crippen molar-refractivity contribution < 1.29 is 4.74 Å². The fraction of sp³-hybridized carbons (Fsp3) is 0.625. The molecule has 1 aromatic carbocycles. The van der Waals surface area contributed by atoms with Crippen molar-refractivity contribution in [2.75, 3.05) is 51.3 Å². The summed E-state index contributed by atoms with van der Waals surface area (Å²) in [5, 5.41) is 0.